The topological polar surface area (TPSA) is 38.9 Å². The Morgan fingerprint density at radius 1 is 1.11 bits per heavy atom. The molecule has 6 heteroatoms. The summed E-state index contributed by atoms with van der Waals surface area (Å²) in [6, 6.07) is 10.5. The van der Waals surface area contributed by atoms with Crippen LogP contribution in [0.3, 0.4) is 0 Å². The van der Waals surface area contributed by atoms with Crippen LogP contribution in [0.1, 0.15) is 37.7 Å². The van der Waals surface area contributed by atoms with Crippen LogP contribution < -0.4 is 9.54 Å². The maximum atomic E-state index is 5.57. The first-order chi connectivity index (χ1) is 13.3. The van der Waals surface area contributed by atoms with Gasteiger partial charge in [-0.15, -0.1) is 11.3 Å². The highest BCUT2D eigenvalue weighted by atomic mass is 32.1. The highest BCUT2D eigenvalue weighted by molar-refractivity contribution is 7.08. The molecule has 2 aromatic heterocycles. The second-order valence-electron chi connectivity index (χ2n) is 6.64. The van der Waals surface area contributed by atoms with Gasteiger partial charge in [0.1, 0.15) is 5.75 Å². The third-order valence-corrected chi connectivity index (χ3v) is 6.33. The van der Waals surface area contributed by atoms with Crippen LogP contribution in [0.2, 0.25) is 0 Å². The molecule has 1 saturated carbocycles. The van der Waals surface area contributed by atoms with Gasteiger partial charge in [0.2, 0.25) is 4.80 Å². The first-order valence-electron chi connectivity index (χ1n) is 9.29. The van der Waals surface area contributed by atoms with E-state index in [1.54, 1.807) is 29.8 Å². The van der Waals surface area contributed by atoms with Gasteiger partial charge in [0, 0.05) is 16.5 Å². The number of hydrogen-bond acceptors (Lipinski definition) is 5. The van der Waals surface area contributed by atoms with Gasteiger partial charge in [-0.2, -0.15) is 16.4 Å². The molecule has 27 heavy (non-hydrogen) atoms. The smallest absolute Gasteiger partial charge is 0.206 e. The molecule has 3 aromatic rings. The number of thiophene rings is 1. The van der Waals surface area contributed by atoms with Gasteiger partial charge in [-0.25, -0.2) is 4.68 Å². The molecule has 4 nitrogen and oxygen atoms in total. The number of ether oxygens (including phenoxy) is 1. The minimum Gasteiger partial charge on any atom is -0.496 e. The molecular weight excluding hydrogens is 374 g/mol. The number of aromatic nitrogens is 1. The lowest BCUT2D eigenvalue weighted by atomic mass is 9.96. The Balaban J connectivity index is 1.80. The summed E-state index contributed by atoms with van der Waals surface area (Å²) in [4.78, 5) is 6.00. The zero-order chi connectivity index (χ0) is 18.5. The molecule has 0 atom stereocenters. The van der Waals surface area contributed by atoms with E-state index in [1.165, 1.54) is 32.1 Å². The highest BCUT2D eigenvalue weighted by Gasteiger charge is 2.15. The van der Waals surface area contributed by atoms with Gasteiger partial charge in [-0.1, -0.05) is 31.4 Å². The van der Waals surface area contributed by atoms with Crippen molar-refractivity contribution in [3.8, 4) is 17.0 Å². The second kappa shape index (κ2) is 8.67. The molecule has 4 rings (SSSR count). The molecule has 0 saturated heterocycles. The van der Waals surface area contributed by atoms with Gasteiger partial charge in [0.15, 0.2) is 0 Å². The lowest BCUT2D eigenvalue weighted by molar-refractivity contribution is 0.416. The first kappa shape index (κ1) is 18.2. The molecular formula is C21H23N3OS2. The monoisotopic (exact) mass is 397 g/mol. The summed E-state index contributed by atoms with van der Waals surface area (Å²) >= 11 is 3.33. The molecule has 1 fully saturated rings. The molecule has 0 amide bonds. The maximum absolute atomic E-state index is 5.57. The predicted molar refractivity (Wildman–Crippen MR) is 114 cm³/mol. The molecule has 0 bridgehead atoms. The molecule has 0 radical (unpaired) electrons. The largest absolute Gasteiger partial charge is 0.496 e. The van der Waals surface area contributed by atoms with Gasteiger partial charge in [-0.3, -0.25) is 4.99 Å². The lowest BCUT2D eigenvalue weighted by Crippen LogP contribution is -2.19. The fourth-order valence-corrected chi connectivity index (χ4v) is 4.89. The van der Waals surface area contributed by atoms with Crippen molar-refractivity contribution in [1.29, 1.82) is 0 Å². The molecule has 140 valence electrons. The maximum Gasteiger partial charge on any atom is 0.206 e. The van der Waals surface area contributed by atoms with Crippen molar-refractivity contribution in [2.24, 2.45) is 10.1 Å². The number of nitrogens with zero attached hydrogens (tertiary/aromatic N) is 3. The van der Waals surface area contributed by atoms with Crippen molar-refractivity contribution in [1.82, 2.24) is 4.68 Å². The summed E-state index contributed by atoms with van der Waals surface area (Å²) in [5.74, 6) is 0.846. The van der Waals surface area contributed by atoms with Crippen molar-refractivity contribution in [2.75, 3.05) is 7.11 Å². The number of thiazole rings is 1. The van der Waals surface area contributed by atoms with Crippen LogP contribution in [0.5, 0.6) is 5.75 Å². The standard InChI is InChI=1S/C21H23N3OS2/c1-25-20-10-6-5-9-18(20)19-15-27-21(23-17-7-3-2-4-8-17)24(19)22-13-16-11-12-26-14-16/h5-6,9-15,17H,2-4,7-8H2,1H3. The quantitative estimate of drug-likeness (QED) is 0.531. The van der Waals surface area contributed by atoms with Crippen LogP contribution in [-0.2, 0) is 0 Å². The van der Waals surface area contributed by atoms with Crippen molar-refractivity contribution in [2.45, 2.75) is 38.1 Å². The molecule has 0 N–H and O–H groups in total. The van der Waals surface area contributed by atoms with Crippen LogP contribution in [0, 0.1) is 0 Å². The summed E-state index contributed by atoms with van der Waals surface area (Å²) in [6.45, 7) is 0. The van der Waals surface area contributed by atoms with Crippen molar-refractivity contribution in [3.63, 3.8) is 0 Å². The number of rotatable bonds is 5. The fourth-order valence-electron chi connectivity index (χ4n) is 3.38. The van der Waals surface area contributed by atoms with Crippen LogP contribution in [0.25, 0.3) is 11.3 Å². The Morgan fingerprint density at radius 3 is 2.74 bits per heavy atom. The molecule has 0 unspecified atom stereocenters. The van der Waals surface area contributed by atoms with Crippen molar-refractivity contribution >= 4 is 28.9 Å². The number of para-hydroxylation sites is 1. The summed E-state index contributed by atoms with van der Waals surface area (Å²) in [5, 5.41) is 11.1. The molecule has 1 aromatic carbocycles. The van der Waals surface area contributed by atoms with Gasteiger partial charge in [0.25, 0.3) is 0 Å². The molecule has 0 spiro atoms. The number of methoxy groups -OCH3 is 1. The zero-order valence-electron chi connectivity index (χ0n) is 15.4. The van der Waals surface area contributed by atoms with E-state index in [9.17, 15) is 0 Å². The molecule has 0 aliphatic heterocycles. The molecule has 2 heterocycles. The Hall–Kier alpha value is -2.18. The first-order valence-corrected chi connectivity index (χ1v) is 11.1. The second-order valence-corrected chi connectivity index (χ2v) is 8.25. The number of benzene rings is 1. The summed E-state index contributed by atoms with van der Waals surface area (Å²) in [5.41, 5.74) is 3.15. The zero-order valence-corrected chi connectivity index (χ0v) is 17.0. The van der Waals surface area contributed by atoms with E-state index >= 15 is 0 Å². The number of hydrogen-bond donors (Lipinski definition) is 0. The molecule has 1 aliphatic carbocycles. The average Bonchev–Trinajstić information content (AvgIpc) is 3.37. The van der Waals surface area contributed by atoms with Crippen LogP contribution in [0.15, 0.2) is 56.6 Å². The molecule has 1 aliphatic rings. The minimum absolute atomic E-state index is 0.408. The van der Waals surface area contributed by atoms with E-state index < -0.39 is 0 Å². The highest BCUT2D eigenvalue weighted by Crippen LogP contribution is 2.30. The fraction of sp³-hybridized carbons (Fsp3) is 0.333. The van der Waals surface area contributed by atoms with E-state index in [1.807, 2.05) is 29.1 Å². The normalized spacial score (nSPS) is 16.3. The third-order valence-electron chi connectivity index (χ3n) is 4.80. The lowest BCUT2D eigenvalue weighted by Gasteiger charge is -2.16. The van der Waals surface area contributed by atoms with Gasteiger partial charge >= 0.3 is 0 Å². The van der Waals surface area contributed by atoms with Crippen LogP contribution in [0.4, 0.5) is 0 Å². The van der Waals surface area contributed by atoms with E-state index in [4.69, 9.17) is 14.8 Å². The Kier molecular flexibility index (Phi) is 5.84. The summed E-state index contributed by atoms with van der Waals surface area (Å²) in [6.07, 6.45) is 8.14. The van der Waals surface area contributed by atoms with E-state index in [0.717, 1.165) is 27.4 Å². The van der Waals surface area contributed by atoms with Crippen LogP contribution in [-0.4, -0.2) is 24.0 Å². The Morgan fingerprint density at radius 2 is 1.96 bits per heavy atom. The summed E-state index contributed by atoms with van der Waals surface area (Å²) in [7, 11) is 1.71. The predicted octanol–water partition coefficient (Wildman–Crippen LogP) is 5.40. The van der Waals surface area contributed by atoms with Gasteiger partial charge in [-0.05, 0) is 41.8 Å². The van der Waals surface area contributed by atoms with E-state index in [2.05, 4.69) is 28.3 Å². The Bertz CT molecular complexity index is 963. The van der Waals surface area contributed by atoms with Gasteiger partial charge in [0.05, 0.1) is 25.1 Å². The van der Waals surface area contributed by atoms with Gasteiger partial charge < -0.3 is 4.74 Å². The van der Waals surface area contributed by atoms with E-state index in [-0.39, 0.29) is 0 Å². The van der Waals surface area contributed by atoms with Crippen molar-refractivity contribution in [3.05, 3.63) is 56.8 Å². The summed E-state index contributed by atoms with van der Waals surface area (Å²) < 4.78 is 7.54. The SMILES string of the molecule is COc1ccccc1-c1csc(=NC2CCCCC2)n1N=Cc1ccsc1. The third kappa shape index (κ3) is 4.22. The Labute approximate surface area is 167 Å². The van der Waals surface area contributed by atoms with Crippen molar-refractivity contribution < 1.29 is 4.74 Å². The minimum atomic E-state index is 0.408. The average molecular weight is 398 g/mol. The van der Waals surface area contributed by atoms with E-state index in [0.29, 0.717) is 6.04 Å². The van der Waals surface area contributed by atoms with Crippen LogP contribution >= 0.6 is 22.7 Å².